The fourth-order valence-electron chi connectivity index (χ4n) is 6.95. The van der Waals surface area contributed by atoms with E-state index in [1.54, 1.807) is 16.7 Å². The van der Waals surface area contributed by atoms with Crippen LogP contribution in [-0.4, -0.2) is 91.9 Å². The van der Waals surface area contributed by atoms with E-state index in [4.69, 9.17) is 0 Å². The number of likely N-dealkylation sites (tertiary alicyclic amines) is 1. The number of thioether (sulfide) groups is 1. The molecule has 1 N–H and O–H groups in total. The molecule has 0 radical (unpaired) electrons. The molecule has 35 heavy (non-hydrogen) atoms. The molecule has 7 nitrogen and oxygen atoms in total. The molecule has 3 amide bonds. The predicted octanol–water partition coefficient (Wildman–Crippen LogP) is 2.70. The number of hydrogen-bond acceptors (Lipinski definition) is 5. The second-order valence-corrected chi connectivity index (χ2v) is 13.7. The lowest BCUT2D eigenvalue weighted by atomic mass is 9.77. The molecule has 2 saturated heterocycles. The molecule has 4 heterocycles. The Labute approximate surface area is 214 Å². The molecule has 0 aromatic rings. The fraction of sp³-hybridized carbons (Fsp3) is 0.741. The number of rotatable bonds is 6. The topological polar surface area (TPSA) is 81.2 Å². The maximum atomic E-state index is 14.3. The lowest BCUT2D eigenvalue weighted by Crippen LogP contribution is -2.59. The van der Waals surface area contributed by atoms with E-state index in [2.05, 4.69) is 40.7 Å². The van der Waals surface area contributed by atoms with E-state index in [1.165, 1.54) is 0 Å². The van der Waals surface area contributed by atoms with Gasteiger partial charge in [0.1, 0.15) is 6.04 Å². The number of nitrogens with zero attached hydrogens (tertiary/aromatic N) is 3. The van der Waals surface area contributed by atoms with Gasteiger partial charge in [-0.25, -0.2) is 0 Å². The van der Waals surface area contributed by atoms with Gasteiger partial charge >= 0.3 is 0 Å². The molecule has 1 spiro atoms. The first-order valence-corrected chi connectivity index (χ1v) is 13.8. The first-order valence-electron chi connectivity index (χ1n) is 12.9. The number of hydrogen-bond donors (Lipinski definition) is 1. The molecule has 2 fully saturated rings. The van der Waals surface area contributed by atoms with Crippen molar-refractivity contribution in [1.29, 1.82) is 0 Å². The van der Waals surface area contributed by atoms with Gasteiger partial charge in [-0.1, -0.05) is 52.0 Å². The summed E-state index contributed by atoms with van der Waals surface area (Å²) in [5, 5.41) is 9.69. The van der Waals surface area contributed by atoms with Crippen LogP contribution in [0, 0.1) is 17.3 Å². The largest absolute Gasteiger partial charge is 0.395 e. The Morgan fingerprint density at radius 1 is 1.03 bits per heavy atom. The average Bonchev–Trinajstić information content (AvgIpc) is 3.04. The molecule has 5 atom stereocenters. The minimum atomic E-state index is -0.819. The number of fused-ring (bicyclic) bond motifs is 2. The summed E-state index contributed by atoms with van der Waals surface area (Å²) in [4.78, 5) is 47.3. The number of carbonyl (C=O) groups excluding carboxylic acids is 3. The van der Waals surface area contributed by atoms with E-state index in [1.807, 2.05) is 35.0 Å². The van der Waals surface area contributed by atoms with Crippen molar-refractivity contribution < 1.29 is 19.5 Å². The van der Waals surface area contributed by atoms with Crippen LogP contribution in [0.1, 0.15) is 54.4 Å². The highest BCUT2D eigenvalue weighted by Gasteiger charge is 2.71. The molecule has 8 heteroatoms. The molecule has 0 bridgehead atoms. The second kappa shape index (κ2) is 9.25. The van der Waals surface area contributed by atoms with Crippen molar-refractivity contribution in [2.24, 2.45) is 17.3 Å². The third kappa shape index (κ3) is 4.35. The predicted molar refractivity (Wildman–Crippen MR) is 139 cm³/mol. The van der Waals surface area contributed by atoms with Crippen molar-refractivity contribution in [3.63, 3.8) is 0 Å². The zero-order chi connectivity index (χ0) is 25.8. The van der Waals surface area contributed by atoms with Gasteiger partial charge < -0.3 is 19.8 Å². The SMILES string of the molecule is CCCN1CC=C[C@H]2S[C@]34C=CCN(C(C)(C)CC(C)(C)C)C(=O)C3N(CCO)C(=O)[C@@H]4[C@H]2C1=O. The van der Waals surface area contributed by atoms with Crippen molar-refractivity contribution in [2.75, 3.05) is 32.8 Å². The van der Waals surface area contributed by atoms with Crippen molar-refractivity contribution in [3.8, 4) is 0 Å². The molecular weight excluding hydrogens is 462 g/mol. The highest BCUT2D eigenvalue weighted by molar-refractivity contribution is 8.02. The molecule has 4 rings (SSSR count). The molecule has 194 valence electrons. The summed E-state index contributed by atoms with van der Waals surface area (Å²) in [6.07, 6.45) is 9.84. The number of carbonyl (C=O) groups is 3. The van der Waals surface area contributed by atoms with E-state index in [0.717, 1.165) is 12.8 Å². The van der Waals surface area contributed by atoms with E-state index in [0.29, 0.717) is 19.6 Å². The highest BCUT2D eigenvalue weighted by Crippen LogP contribution is 2.61. The van der Waals surface area contributed by atoms with Gasteiger partial charge in [-0.3, -0.25) is 14.4 Å². The lowest BCUT2D eigenvalue weighted by molar-refractivity contribution is -0.147. The molecule has 0 aromatic carbocycles. The van der Waals surface area contributed by atoms with Gasteiger partial charge in [-0.05, 0) is 32.1 Å². The highest BCUT2D eigenvalue weighted by atomic mass is 32.2. The Kier molecular flexibility index (Phi) is 6.95. The minimum Gasteiger partial charge on any atom is -0.395 e. The van der Waals surface area contributed by atoms with E-state index in [9.17, 15) is 19.5 Å². The van der Waals surface area contributed by atoms with Crippen LogP contribution in [-0.2, 0) is 14.4 Å². The second-order valence-electron chi connectivity index (χ2n) is 12.2. The standard InChI is InChI=1S/C27H41N3O4S/c1-7-12-28-13-8-10-18-19(22(28)32)20-23(33)29(15-16-31)21-24(34)30(14-9-11-27(20,21)35-18)26(5,6)17-25(2,3)4/h8-11,18-21,31H,7,12-17H2,1-6H3/t18-,19+,20+,21?,27+/m1/s1. The number of aliphatic hydroxyl groups is 1. The zero-order valence-electron chi connectivity index (χ0n) is 22.0. The smallest absolute Gasteiger partial charge is 0.247 e. The number of β-amino-alcohol motifs (C(OH)–C–C–N with tert-alkyl or cyclic N) is 1. The molecule has 0 aliphatic carbocycles. The van der Waals surface area contributed by atoms with Crippen LogP contribution in [0.25, 0.3) is 0 Å². The van der Waals surface area contributed by atoms with Gasteiger partial charge in [-0.2, -0.15) is 0 Å². The van der Waals surface area contributed by atoms with Crippen LogP contribution in [0.3, 0.4) is 0 Å². The summed E-state index contributed by atoms with van der Waals surface area (Å²) in [7, 11) is 0. The van der Waals surface area contributed by atoms with Crippen molar-refractivity contribution in [2.45, 2.75) is 76.0 Å². The minimum absolute atomic E-state index is 0.00388. The Hall–Kier alpha value is -1.80. The summed E-state index contributed by atoms with van der Waals surface area (Å²) >= 11 is 1.60. The number of amides is 3. The average molecular weight is 504 g/mol. The Bertz CT molecular complexity index is 939. The maximum absolute atomic E-state index is 14.3. The molecule has 0 saturated carbocycles. The van der Waals surface area contributed by atoms with E-state index < -0.39 is 28.2 Å². The summed E-state index contributed by atoms with van der Waals surface area (Å²) in [6, 6.07) is -0.733. The van der Waals surface area contributed by atoms with Crippen LogP contribution in [0.5, 0.6) is 0 Å². The lowest BCUT2D eigenvalue weighted by Gasteiger charge is -2.44. The molecule has 0 aromatic heterocycles. The third-order valence-corrected chi connectivity index (χ3v) is 9.51. The monoisotopic (exact) mass is 503 g/mol. The Morgan fingerprint density at radius 3 is 2.37 bits per heavy atom. The molecule has 1 unspecified atom stereocenters. The van der Waals surface area contributed by atoms with Crippen LogP contribution in [0.15, 0.2) is 24.3 Å². The van der Waals surface area contributed by atoms with Gasteiger partial charge in [0.15, 0.2) is 0 Å². The van der Waals surface area contributed by atoms with Crippen molar-refractivity contribution >= 4 is 29.5 Å². The van der Waals surface area contributed by atoms with E-state index >= 15 is 0 Å². The Morgan fingerprint density at radius 2 is 1.74 bits per heavy atom. The molecule has 4 aliphatic rings. The first-order chi connectivity index (χ1) is 16.4. The van der Waals surface area contributed by atoms with Crippen molar-refractivity contribution in [1.82, 2.24) is 14.7 Å². The molecular formula is C27H41N3O4S. The summed E-state index contributed by atoms with van der Waals surface area (Å²) in [5.74, 6) is -1.38. The van der Waals surface area contributed by atoms with Crippen LogP contribution in [0.4, 0.5) is 0 Å². The Balaban J connectivity index is 1.78. The fourth-order valence-corrected chi connectivity index (χ4v) is 8.95. The number of aliphatic hydroxyl groups excluding tert-OH is 1. The normalized spacial score (nSPS) is 33.1. The summed E-state index contributed by atoms with van der Waals surface area (Å²) in [5.41, 5.74) is -0.399. The van der Waals surface area contributed by atoms with Crippen LogP contribution in [0.2, 0.25) is 0 Å². The van der Waals surface area contributed by atoms with Gasteiger partial charge in [0, 0.05) is 37.0 Å². The summed E-state index contributed by atoms with van der Waals surface area (Å²) < 4.78 is -0.819. The van der Waals surface area contributed by atoms with Gasteiger partial charge in [0.25, 0.3) is 0 Å². The van der Waals surface area contributed by atoms with Crippen LogP contribution >= 0.6 is 11.8 Å². The molecule has 4 aliphatic heterocycles. The van der Waals surface area contributed by atoms with Crippen molar-refractivity contribution in [3.05, 3.63) is 24.3 Å². The third-order valence-electron chi connectivity index (χ3n) is 7.77. The maximum Gasteiger partial charge on any atom is 0.247 e. The van der Waals surface area contributed by atoms with E-state index in [-0.39, 0.29) is 41.5 Å². The zero-order valence-corrected chi connectivity index (χ0v) is 22.8. The van der Waals surface area contributed by atoms with Gasteiger partial charge in [0.05, 0.1) is 23.2 Å². The van der Waals surface area contributed by atoms with Crippen LogP contribution < -0.4 is 0 Å². The summed E-state index contributed by atoms with van der Waals surface area (Å²) in [6.45, 7) is 14.3. The van der Waals surface area contributed by atoms with Gasteiger partial charge in [0.2, 0.25) is 17.7 Å². The first kappa shape index (κ1) is 26.3. The quantitative estimate of drug-likeness (QED) is 0.564. The van der Waals surface area contributed by atoms with Gasteiger partial charge in [-0.15, -0.1) is 11.8 Å².